The monoisotopic (exact) mass is 241 g/mol. The summed E-state index contributed by atoms with van der Waals surface area (Å²) in [4.78, 5) is 10.5. The van der Waals surface area contributed by atoms with Gasteiger partial charge < -0.3 is 9.84 Å². The first-order valence-electron chi connectivity index (χ1n) is 5.26. The van der Waals surface area contributed by atoms with Gasteiger partial charge in [0, 0.05) is 11.3 Å². The second kappa shape index (κ2) is 4.77. The lowest BCUT2D eigenvalue weighted by Gasteiger charge is -2.29. The van der Waals surface area contributed by atoms with Crippen molar-refractivity contribution in [1.29, 1.82) is 0 Å². The van der Waals surface area contributed by atoms with Crippen molar-refractivity contribution in [3.63, 3.8) is 0 Å². The number of benzene rings is 1. The summed E-state index contributed by atoms with van der Waals surface area (Å²) in [5, 5.41) is 20.3. The molecule has 0 spiro atoms. The molecule has 1 fully saturated rings. The Bertz CT molecular complexity index is 408. The van der Waals surface area contributed by atoms with Crippen LogP contribution in [-0.4, -0.2) is 29.0 Å². The van der Waals surface area contributed by atoms with Crippen molar-refractivity contribution in [2.45, 2.75) is 24.7 Å². The van der Waals surface area contributed by atoms with Gasteiger partial charge in [0.25, 0.3) is 0 Å². The molecule has 6 heteroatoms. The van der Waals surface area contributed by atoms with E-state index in [4.69, 9.17) is 4.74 Å². The van der Waals surface area contributed by atoms with E-state index in [-0.39, 0.29) is 18.8 Å². The zero-order chi connectivity index (χ0) is 12.4. The average molecular weight is 241 g/mol. The molecule has 0 bridgehead atoms. The third-order valence-electron chi connectivity index (χ3n) is 2.95. The number of aliphatic hydroxyl groups excluding tert-OH is 1. The van der Waals surface area contributed by atoms with Crippen molar-refractivity contribution >= 4 is 0 Å². The standard InChI is InChI=1S/C11H12FNO4/c12-8-3-1-7(2-4-8)9-5-11(14)17-6-10(9)13(15)16/h1-4,9-11,14H,5-6H2/t9-,10+,11+/m0/s1. The number of nitro groups is 1. The lowest BCUT2D eigenvalue weighted by Crippen LogP contribution is -2.40. The molecule has 0 amide bonds. The minimum atomic E-state index is -0.999. The van der Waals surface area contributed by atoms with Gasteiger partial charge in [-0.15, -0.1) is 0 Å². The van der Waals surface area contributed by atoms with Gasteiger partial charge in [-0.05, 0) is 17.7 Å². The summed E-state index contributed by atoms with van der Waals surface area (Å²) in [6.07, 6.45) is -0.849. The van der Waals surface area contributed by atoms with Gasteiger partial charge in [0.2, 0.25) is 6.04 Å². The Hall–Kier alpha value is -1.53. The van der Waals surface area contributed by atoms with Gasteiger partial charge in [0.05, 0.1) is 5.92 Å². The van der Waals surface area contributed by atoms with Crippen molar-refractivity contribution in [2.75, 3.05) is 6.61 Å². The van der Waals surface area contributed by atoms with Crippen LogP contribution >= 0.6 is 0 Å². The first-order chi connectivity index (χ1) is 8.08. The molecule has 0 saturated carbocycles. The summed E-state index contributed by atoms with van der Waals surface area (Å²) in [7, 11) is 0. The first kappa shape index (κ1) is 11.9. The second-order valence-electron chi connectivity index (χ2n) is 4.03. The van der Waals surface area contributed by atoms with Crippen LogP contribution in [0.25, 0.3) is 0 Å². The van der Waals surface area contributed by atoms with Crippen molar-refractivity contribution < 1.29 is 19.2 Å². The number of hydrogen-bond acceptors (Lipinski definition) is 4. The highest BCUT2D eigenvalue weighted by atomic mass is 19.1. The highest BCUT2D eigenvalue weighted by Gasteiger charge is 2.39. The predicted molar refractivity (Wildman–Crippen MR) is 56.5 cm³/mol. The molecular weight excluding hydrogens is 229 g/mol. The number of aliphatic hydroxyl groups is 1. The third kappa shape index (κ3) is 2.59. The molecule has 1 aliphatic rings. The molecule has 1 aromatic carbocycles. The molecule has 1 saturated heterocycles. The van der Waals surface area contributed by atoms with E-state index in [0.717, 1.165) is 0 Å². The van der Waals surface area contributed by atoms with Crippen molar-refractivity contribution in [2.24, 2.45) is 0 Å². The van der Waals surface area contributed by atoms with Crippen LogP contribution < -0.4 is 0 Å². The highest BCUT2D eigenvalue weighted by Crippen LogP contribution is 2.31. The first-order valence-corrected chi connectivity index (χ1v) is 5.26. The van der Waals surface area contributed by atoms with Crippen LogP contribution in [0.15, 0.2) is 24.3 Å². The Morgan fingerprint density at radius 2 is 2.06 bits per heavy atom. The second-order valence-corrected chi connectivity index (χ2v) is 4.03. The Balaban J connectivity index is 2.25. The van der Waals surface area contributed by atoms with E-state index in [2.05, 4.69) is 0 Å². The van der Waals surface area contributed by atoms with Crippen LogP contribution in [0.1, 0.15) is 17.9 Å². The molecular formula is C11H12FNO4. The Morgan fingerprint density at radius 3 is 2.65 bits per heavy atom. The van der Waals surface area contributed by atoms with Gasteiger partial charge in [0.1, 0.15) is 12.4 Å². The van der Waals surface area contributed by atoms with Crippen LogP contribution in [0.4, 0.5) is 4.39 Å². The van der Waals surface area contributed by atoms with Gasteiger partial charge in [-0.2, -0.15) is 0 Å². The summed E-state index contributed by atoms with van der Waals surface area (Å²) in [5.74, 6) is -0.839. The van der Waals surface area contributed by atoms with Crippen molar-refractivity contribution in [1.82, 2.24) is 0 Å². The highest BCUT2D eigenvalue weighted by molar-refractivity contribution is 5.22. The van der Waals surface area contributed by atoms with E-state index in [1.807, 2.05) is 0 Å². The Morgan fingerprint density at radius 1 is 1.41 bits per heavy atom. The van der Waals surface area contributed by atoms with Crippen LogP contribution in [0.2, 0.25) is 0 Å². The van der Waals surface area contributed by atoms with Crippen LogP contribution in [0.3, 0.4) is 0 Å². The van der Waals surface area contributed by atoms with E-state index >= 15 is 0 Å². The fraction of sp³-hybridized carbons (Fsp3) is 0.455. The molecule has 0 aliphatic carbocycles. The lowest BCUT2D eigenvalue weighted by molar-refractivity contribution is -0.538. The molecule has 2 rings (SSSR count). The average Bonchev–Trinajstić information content (AvgIpc) is 2.29. The molecule has 0 aromatic heterocycles. The normalized spacial score (nSPS) is 28.9. The fourth-order valence-electron chi connectivity index (χ4n) is 2.04. The van der Waals surface area contributed by atoms with Gasteiger partial charge in [-0.25, -0.2) is 4.39 Å². The largest absolute Gasteiger partial charge is 0.368 e. The molecule has 0 unspecified atom stereocenters. The van der Waals surface area contributed by atoms with Crippen molar-refractivity contribution in [3.8, 4) is 0 Å². The van der Waals surface area contributed by atoms with E-state index in [1.54, 1.807) is 0 Å². The summed E-state index contributed by atoms with van der Waals surface area (Å²) in [6.45, 7) is -0.129. The van der Waals surface area contributed by atoms with Crippen molar-refractivity contribution in [3.05, 3.63) is 45.8 Å². The van der Waals surface area contributed by atoms with Gasteiger partial charge in [-0.1, -0.05) is 12.1 Å². The van der Waals surface area contributed by atoms with Crippen LogP contribution in [-0.2, 0) is 4.74 Å². The lowest BCUT2D eigenvalue weighted by atomic mass is 9.87. The molecule has 1 aromatic rings. The van der Waals surface area contributed by atoms with Gasteiger partial charge >= 0.3 is 0 Å². The third-order valence-corrected chi connectivity index (χ3v) is 2.95. The van der Waals surface area contributed by atoms with E-state index < -0.39 is 23.2 Å². The number of halogens is 1. The van der Waals surface area contributed by atoms with Crippen LogP contribution in [0, 0.1) is 15.9 Å². The molecule has 1 N–H and O–H groups in total. The van der Waals surface area contributed by atoms with Crippen LogP contribution in [0.5, 0.6) is 0 Å². The molecule has 1 aliphatic heterocycles. The minimum Gasteiger partial charge on any atom is -0.368 e. The minimum absolute atomic E-state index is 0.129. The Kier molecular flexibility index (Phi) is 3.35. The van der Waals surface area contributed by atoms with E-state index in [0.29, 0.717) is 5.56 Å². The zero-order valence-electron chi connectivity index (χ0n) is 8.95. The quantitative estimate of drug-likeness (QED) is 0.625. The smallest absolute Gasteiger partial charge is 0.243 e. The summed E-state index contributed by atoms with van der Waals surface area (Å²) in [5.41, 5.74) is 0.649. The summed E-state index contributed by atoms with van der Waals surface area (Å²) < 4.78 is 17.6. The summed E-state index contributed by atoms with van der Waals surface area (Å²) >= 11 is 0. The number of hydrogen-bond donors (Lipinski definition) is 1. The van der Waals surface area contributed by atoms with Gasteiger partial charge in [0.15, 0.2) is 6.29 Å². The molecule has 5 nitrogen and oxygen atoms in total. The fourth-order valence-corrected chi connectivity index (χ4v) is 2.04. The molecule has 0 radical (unpaired) electrons. The zero-order valence-corrected chi connectivity index (χ0v) is 8.95. The van der Waals surface area contributed by atoms with E-state index in [1.165, 1.54) is 24.3 Å². The topological polar surface area (TPSA) is 72.6 Å². The van der Waals surface area contributed by atoms with Gasteiger partial charge in [-0.3, -0.25) is 10.1 Å². The number of rotatable bonds is 2. The predicted octanol–water partition coefficient (Wildman–Crippen LogP) is 1.29. The van der Waals surface area contributed by atoms with E-state index in [9.17, 15) is 19.6 Å². The maximum absolute atomic E-state index is 12.8. The molecule has 1 heterocycles. The molecule has 17 heavy (non-hydrogen) atoms. The SMILES string of the molecule is O=[N+]([O-])[C@@H]1CO[C@@H](O)C[C@H]1c1ccc(F)cc1. The summed E-state index contributed by atoms with van der Waals surface area (Å²) in [6, 6.07) is 4.63. The maximum atomic E-state index is 12.8. The number of ether oxygens (including phenoxy) is 1. The molecule has 92 valence electrons. The number of nitrogens with zero attached hydrogens (tertiary/aromatic N) is 1. The molecule has 3 atom stereocenters. The maximum Gasteiger partial charge on any atom is 0.243 e. The Labute approximate surface area is 97.0 Å².